The highest BCUT2D eigenvalue weighted by molar-refractivity contribution is 6.32. The summed E-state index contributed by atoms with van der Waals surface area (Å²) in [7, 11) is 0. The third-order valence-electron chi connectivity index (χ3n) is 4.46. The van der Waals surface area contributed by atoms with Crippen LogP contribution in [0.3, 0.4) is 0 Å². The summed E-state index contributed by atoms with van der Waals surface area (Å²) in [5.41, 5.74) is 0.00229. The van der Waals surface area contributed by atoms with E-state index in [9.17, 15) is 18.8 Å². The van der Waals surface area contributed by atoms with Gasteiger partial charge in [-0.1, -0.05) is 35.9 Å². The van der Waals surface area contributed by atoms with Gasteiger partial charge in [-0.05, 0) is 37.6 Å². The van der Waals surface area contributed by atoms with Gasteiger partial charge in [0, 0.05) is 16.3 Å². The van der Waals surface area contributed by atoms with Crippen LogP contribution in [0.1, 0.15) is 18.1 Å². The summed E-state index contributed by atoms with van der Waals surface area (Å²) in [4.78, 5) is 38.3. The molecule has 6 nitrogen and oxygen atoms in total. The predicted octanol–water partition coefficient (Wildman–Crippen LogP) is 3.19. The minimum Gasteiger partial charge on any atom is -0.324 e. The average Bonchev–Trinajstić information content (AvgIpc) is 2.82. The zero-order valence-electron chi connectivity index (χ0n) is 14.7. The summed E-state index contributed by atoms with van der Waals surface area (Å²) >= 11 is 6.16. The molecule has 1 aliphatic heterocycles. The number of carbonyl (C=O) groups excluding carboxylic acids is 3. The minimum atomic E-state index is -1.37. The Balaban J connectivity index is 1.79. The van der Waals surface area contributed by atoms with E-state index < -0.39 is 35.7 Å². The second-order valence-corrected chi connectivity index (χ2v) is 6.84. The molecule has 2 aromatic rings. The van der Waals surface area contributed by atoms with Gasteiger partial charge in [0.2, 0.25) is 5.91 Å². The van der Waals surface area contributed by atoms with Gasteiger partial charge in [0.05, 0.1) is 0 Å². The number of hydrogen-bond acceptors (Lipinski definition) is 3. The van der Waals surface area contributed by atoms with Gasteiger partial charge in [0.25, 0.3) is 5.91 Å². The van der Waals surface area contributed by atoms with E-state index in [1.54, 1.807) is 31.2 Å². The maximum atomic E-state index is 13.4. The quantitative estimate of drug-likeness (QED) is 0.788. The van der Waals surface area contributed by atoms with Crippen molar-refractivity contribution in [2.24, 2.45) is 0 Å². The number of imide groups is 1. The number of urea groups is 1. The van der Waals surface area contributed by atoms with Crippen molar-refractivity contribution in [3.63, 3.8) is 0 Å². The van der Waals surface area contributed by atoms with Gasteiger partial charge >= 0.3 is 6.03 Å². The number of benzene rings is 2. The zero-order valence-corrected chi connectivity index (χ0v) is 15.4. The van der Waals surface area contributed by atoms with Gasteiger partial charge in [-0.3, -0.25) is 14.5 Å². The maximum absolute atomic E-state index is 13.4. The van der Waals surface area contributed by atoms with Gasteiger partial charge in [0.1, 0.15) is 17.9 Å². The van der Waals surface area contributed by atoms with Crippen LogP contribution in [0.4, 0.5) is 14.9 Å². The fraction of sp³-hybridized carbons (Fsp3) is 0.211. The highest BCUT2D eigenvalue weighted by Crippen LogP contribution is 2.33. The van der Waals surface area contributed by atoms with Crippen molar-refractivity contribution >= 4 is 35.1 Å². The van der Waals surface area contributed by atoms with E-state index in [4.69, 9.17) is 11.6 Å². The Kier molecular flexibility index (Phi) is 4.89. The van der Waals surface area contributed by atoms with Crippen LogP contribution in [0.25, 0.3) is 0 Å². The molecule has 8 heteroatoms. The molecule has 0 spiro atoms. The average molecular weight is 390 g/mol. The number of nitrogens with one attached hydrogen (secondary N) is 2. The van der Waals surface area contributed by atoms with E-state index in [0.29, 0.717) is 16.1 Å². The van der Waals surface area contributed by atoms with Gasteiger partial charge in [-0.2, -0.15) is 0 Å². The summed E-state index contributed by atoms with van der Waals surface area (Å²) in [5.74, 6) is -1.71. The third-order valence-corrected chi connectivity index (χ3v) is 4.79. The van der Waals surface area contributed by atoms with Crippen LogP contribution >= 0.6 is 11.6 Å². The van der Waals surface area contributed by atoms with Crippen molar-refractivity contribution < 1.29 is 18.8 Å². The topological polar surface area (TPSA) is 78.5 Å². The lowest BCUT2D eigenvalue weighted by atomic mass is 9.92. The van der Waals surface area contributed by atoms with Crippen molar-refractivity contribution in [3.8, 4) is 0 Å². The lowest BCUT2D eigenvalue weighted by Crippen LogP contribution is -2.42. The molecule has 0 bridgehead atoms. The maximum Gasteiger partial charge on any atom is 0.325 e. The largest absolute Gasteiger partial charge is 0.325 e. The summed E-state index contributed by atoms with van der Waals surface area (Å²) in [6, 6.07) is 9.94. The van der Waals surface area contributed by atoms with Crippen LogP contribution in [-0.4, -0.2) is 29.3 Å². The first-order valence-electron chi connectivity index (χ1n) is 8.17. The molecule has 0 radical (unpaired) electrons. The first kappa shape index (κ1) is 18.8. The molecule has 1 aliphatic rings. The molecule has 0 aliphatic carbocycles. The molecule has 1 heterocycles. The summed E-state index contributed by atoms with van der Waals surface area (Å²) < 4.78 is 13.4. The van der Waals surface area contributed by atoms with Crippen LogP contribution in [-0.2, 0) is 15.1 Å². The molecule has 140 valence electrons. The van der Waals surface area contributed by atoms with E-state index in [-0.39, 0.29) is 5.69 Å². The van der Waals surface area contributed by atoms with Crippen molar-refractivity contribution in [2.75, 3.05) is 11.9 Å². The minimum absolute atomic E-state index is 0.279. The van der Waals surface area contributed by atoms with Gasteiger partial charge < -0.3 is 10.6 Å². The molecule has 0 saturated carbocycles. The van der Waals surface area contributed by atoms with E-state index in [1.807, 2.05) is 0 Å². The molecule has 2 N–H and O–H groups in total. The Labute approximate surface area is 160 Å². The van der Waals surface area contributed by atoms with E-state index >= 15 is 0 Å². The fourth-order valence-electron chi connectivity index (χ4n) is 2.95. The number of halogens is 2. The molecular formula is C19H17ClFN3O3. The Morgan fingerprint density at radius 3 is 2.67 bits per heavy atom. The van der Waals surface area contributed by atoms with Crippen molar-refractivity contribution in [1.29, 1.82) is 0 Å². The smallest absolute Gasteiger partial charge is 0.324 e. The monoisotopic (exact) mass is 389 g/mol. The van der Waals surface area contributed by atoms with Gasteiger partial charge in [-0.25, -0.2) is 9.18 Å². The number of anilines is 1. The van der Waals surface area contributed by atoms with E-state index in [1.165, 1.54) is 25.1 Å². The molecular weight excluding hydrogens is 373 g/mol. The van der Waals surface area contributed by atoms with Crippen LogP contribution < -0.4 is 10.6 Å². The Morgan fingerprint density at radius 1 is 1.26 bits per heavy atom. The van der Waals surface area contributed by atoms with Gasteiger partial charge in [-0.15, -0.1) is 0 Å². The van der Waals surface area contributed by atoms with E-state index in [0.717, 1.165) is 4.90 Å². The lowest BCUT2D eigenvalue weighted by molar-refractivity contribution is -0.133. The molecule has 1 atom stereocenters. The first-order chi connectivity index (χ1) is 12.7. The molecule has 4 amide bonds. The van der Waals surface area contributed by atoms with Gasteiger partial charge in [0.15, 0.2) is 0 Å². The summed E-state index contributed by atoms with van der Waals surface area (Å²) in [6.07, 6.45) is 0. The molecule has 1 fully saturated rings. The molecule has 0 aromatic heterocycles. The number of rotatable bonds is 4. The van der Waals surface area contributed by atoms with E-state index in [2.05, 4.69) is 10.6 Å². The molecule has 0 unspecified atom stereocenters. The lowest BCUT2D eigenvalue weighted by Gasteiger charge is -2.23. The SMILES string of the molecule is Cc1ccc(F)cc1NC(=O)CN1C(=O)N[C@@](C)(c2ccccc2Cl)C1=O. The fourth-order valence-corrected chi connectivity index (χ4v) is 3.28. The number of aryl methyl sites for hydroxylation is 1. The Morgan fingerprint density at radius 2 is 1.96 bits per heavy atom. The number of amides is 4. The molecule has 2 aromatic carbocycles. The second kappa shape index (κ2) is 7.00. The van der Waals surface area contributed by atoms with Crippen molar-refractivity contribution in [1.82, 2.24) is 10.2 Å². The first-order valence-corrected chi connectivity index (χ1v) is 8.55. The Hall–Kier alpha value is -2.93. The normalized spacial score (nSPS) is 19.2. The standard InChI is InChI=1S/C19H17ClFN3O3/c1-11-7-8-12(21)9-15(11)22-16(25)10-24-17(26)19(2,23-18(24)27)13-5-3-4-6-14(13)20/h3-9H,10H2,1-2H3,(H,22,25)(H,23,27)/t19-/m0/s1. The second-order valence-electron chi connectivity index (χ2n) is 6.43. The highest BCUT2D eigenvalue weighted by atomic mass is 35.5. The molecule has 27 heavy (non-hydrogen) atoms. The number of nitrogens with zero attached hydrogens (tertiary/aromatic N) is 1. The van der Waals surface area contributed by atoms with Crippen LogP contribution in [0.2, 0.25) is 5.02 Å². The van der Waals surface area contributed by atoms with Crippen molar-refractivity contribution in [2.45, 2.75) is 19.4 Å². The third kappa shape index (κ3) is 3.50. The zero-order chi connectivity index (χ0) is 19.8. The van der Waals surface area contributed by atoms with Crippen molar-refractivity contribution in [3.05, 3.63) is 64.4 Å². The van der Waals surface area contributed by atoms with Crippen LogP contribution in [0, 0.1) is 12.7 Å². The molecule has 3 rings (SSSR count). The number of hydrogen-bond donors (Lipinski definition) is 2. The summed E-state index contributed by atoms with van der Waals surface area (Å²) in [5, 5.41) is 5.44. The Bertz CT molecular complexity index is 950. The van der Waals surface area contributed by atoms with Crippen LogP contribution in [0.15, 0.2) is 42.5 Å². The van der Waals surface area contributed by atoms with Crippen LogP contribution in [0.5, 0.6) is 0 Å². The molecule has 1 saturated heterocycles. The highest BCUT2D eigenvalue weighted by Gasteiger charge is 2.50. The predicted molar refractivity (Wildman–Crippen MR) is 98.8 cm³/mol. The summed E-state index contributed by atoms with van der Waals surface area (Å²) in [6.45, 7) is 2.74. The number of carbonyl (C=O) groups is 3.